The van der Waals surface area contributed by atoms with Gasteiger partial charge in [0, 0.05) is 39.5 Å². The maximum Gasteiger partial charge on any atom is 0.333 e. The Balaban J connectivity index is 1.30. The number of anilines is 5. The molecule has 3 aliphatic heterocycles. The summed E-state index contributed by atoms with van der Waals surface area (Å²) < 4.78 is 13.8. The molecule has 290 valence electrons. The highest BCUT2D eigenvalue weighted by molar-refractivity contribution is 6.94. The average molecular weight is 769 g/mol. The van der Waals surface area contributed by atoms with E-state index in [1.807, 2.05) is 0 Å². The fraction of sp³-hybridized carbons (Fsp3) is 0.222. The van der Waals surface area contributed by atoms with Crippen molar-refractivity contribution in [1.29, 1.82) is 0 Å². The summed E-state index contributed by atoms with van der Waals surface area (Å²) in [5.74, 6) is 1.69. The Morgan fingerprint density at radius 3 is 1.93 bits per heavy atom. The number of hydrogen-bond donors (Lipinski definition) is 0. The minimum atomic E-state index is -0.135. The first-order chi connectivity index (χ1) is 28.1. The SMILES string of the molecule is CC(C)(C)c1ccc(N2c3cc(-c4ccccc4)ccc3B3c4c(cc(C(C)(C)C)cc42)-c2c4c(cc5oc6ccccc6c25)Oc2cc(C(C)(C)C)ccc2N34)cc1. The highest BCUT2D eigenvalue weighted by Crippen LogP contribution is 2.59. The Morgan fingerprint density at radius 1 is 0.508 bits per heavy atom. The lowest BCUT2D eigenvalue weighted by molar-refractivity contribution is 0.474. The fourth-order valence-corrected chi connectivity index (χ4v) is 9.67. The second-order valence-electron chi connectivity index (χ2n) is 19.9. The van der Waals surface area contributed by atoms with Gasteiger partial charge in [-0.3, -0.25) is 0 Å². The maximum atomic E-state index is 7.10. The van der Waals surface area contributed by atoms with Crippen LogP contribution in [0.3, 0.4) is 0 Å². The van der Waals surface area contributed by atoms with Gasteiger partial charge in [-0.2, -0.15) is 0 Å². The van der Waals surface area contributed by atoms with E-state index in [4.69, 9.17) is 9.15 Å². The number of para-hydroxylation sites is 1. The Hall–Kier alpha value is -6.20. The molecule has 0 aliphatic carbocycles. The van der Waals surface area contributed by atoms with Crippen molar-refractivity contribution in [2.45, 2.75) is 78.6 Å². The third-order valence-corrected chi connectivity index (χ3v) is 12.9. The van der Waals surface area contributed by atoms with Crippen LogP contribution >= 0.6 is 0 Å². The lowest BCUT2D eigenvalue weighted by Crippen LogP contribution is -2.62. The number of benzene rings is 7. The molecule has 3 aliphatic rings. The molecule has 7 aromatic carbocycles. The zero-order chi connectivity index (χ0) is 40.7. The van der Waals surface area contributed by atoms with Gasteiger partial charge in [-0.05, 0) is 103 Å². The number of fused-ring (bicyclic) bond motifs is 10. The molecule has 0 amide bonds. The first-order valence-electron chi connectivity index (χ1n) is 21.0. The Kier molecular flexibility index (Phi) is 7.41. The zero-order valence-corrected chi connectivity index (χ0v) is 35.5. The van der Waals surface area contributed by atoms with Crippen molar-refractivity contribution in [2.24, 2.45) is 0 Å². The zero-order valence-electron chi connectivity index (χ0n) is 35.5. The number of ether oxygens (including phenoxy) is 1. The van der Waals surface area contributed by atoms with Crippen molar-refractivity contribution >= 4 is 68.1 Å². The smallest absolute Gasteiger partial charge is 0.333 e. The van der Waals surface area contributed by atoms with E-state index in [1.165, 1.54) is 61.2 Å². The van der Waals surface area contributed by atoms with Crippen molar-refractivity contribution in [3.63, 3.8) is 0 Å². The van der Waals surface area contributed by atoms with Gasteiger partial charge in [-0.25, -0.2) is 0 Å². The molecule has 0 N–H and O–H groups in total. The molecule has 5 heteroatoms. The fourth-order valence-electron chi connectivity index (χ4n) is 9.67. The van der Waals surface area contributed by atoms with E-state index in [2.05, 4.69) is 205 Å². The average Bonchev–Trinajstić information content (AvgIpc) is 3.58. The predicted molar refractivity (Wildman–Crippen MR) is 249 cm³/mol. The van der Waals surface area contributed by atoms with Crippen LogP contribution in [0.1, 0.15) is 79.0 Å². The molecule has 0 atom stereocenters. The van der Waals surface area contributed by atoms with Crippen LogP contribution in [0.2, 0.25) is 0 Å². The Labute approximate surface area is 348 Å². The van der Waals surface area contributed by atoms with Crippen LogP contribution in [-0.2, 0) is 16.2 Å². The quantitative estimate of drug-likeness (QED) is 0.164. The van der Waals surface area contributed by atoms with Crippen molar-refractivity contribution < 1.29 is 9.15 Å². The number of furan rings is 1. The van der Waals surface area contributed by atoms with Crippen LogP contribution in [0.4, 0.5) is 28.4 Å². The molecule has 0 fully saturated rings. The third kappa shape index (κ3) is 5.36. The summed E-state index contributed by atoms with van der Waals surface area (Å²) in [6.07, 6.45) is 0. The third-order valence-electron chi connectivity index (χ3n) is 12.9. The van der Waals surface area contributed by atoms with Crippen LogP contribution in [0.15, 0.2) is 138 Å². The van der Waals surface area contributed by atoms with Crippen molar-refractivity contribution in [3.05, 3.63) is 150 Å². The summed E-state index contributed by atoms with van der Waals surface area (Å²) in [4.78, 5) is 5.14. The van der Waals surface area contributed by atoms with Crippen LogP contribution in [0.5, 0.6) is 11.5 Å². The van der Waals surface area contributed by atoms with Gasteiger partial charge in [0.1, 0.15) is 16.9 Å². The topological polar surface area (TPSA) is 28.9 Å². The molecule has 0 bridgehead atoms. The largest absolute Gasteiger partial charge is 0.456 e. The maximum absolute atomic E-state index is 7.10. The van der Waals surface area contributed by atoms with Gasteiger partial charge in [0.05, 0.1) is 11.4 Å². The lowest BCUT2D eigenvalue weighted by Gasteiger charge is -2.48. The summed E-state index contributed by atoms with van der Waals surface area (Å²) >= 11 is 0. The van der Waals surface area contributed by atoms with Crippen molar-refractivity contribution in [2.75, 3.05) is 9.71 Å². The molecule has 4 heterocycles. The van der Waals surface area contributed by atoms with Gasteiger partial charge in [0.15, 0.2) is 5.75 Å². The van der Waals surface area contributed by atoms with E-state index in [0.29, 0.717) is 0 Å². The first kappa shape index (κ1) is 35.9. The molecule has 11 rings (SSSR count). The van der Waals surface area contributed by atoms with Crippen LogP contribution in [-0.4, -0.2) is 6.85 Å². The number of rotatable bonds is 2. The van der Waals surface area contributed by atoms with Crippen LogP contribution in [0.25, 0.3) is 44.2 Å². The van der Waals surface area contributed by atoms with E-state index in [-0.39, 0.29) is 23.1 Å². The predicted octanol–water partition coefficient (Wildman–Crippen LogP) is 14.0. The second-order valence-corrected chi connectivity index (χ2v) is 19.9. The van der Waals surface area contributed by atoms with Gasteiger partial charge in [-0.1, -0.05) is 147 Å². The van der Waals surface area contributed by atoms with E-state index in [1.54, 1.807) is 0 Å². The molecule has 4 nitrogen and oxygen atoms in total. The summed E-state index contributed by atoms with van der Waals surface area (Å²) in [7, 11) is 0. The van der Waals surface area contributed by atoms with Crippen LogP contribution in [0, 0.1) is 0 Å². The molecule has 0 spiro atoms. The lowest BCUT2D eigenvalue weighted by atomic mass is 9.43. The second kappa shape index (κ2) is 12.2. The summed E-state index contributed by atoms with van der Waals surface area (Å²) in [5.41, 5.74) is 18.4. The standard InChI is InChI=1S/C54H49BN2O2/c1-52(2,3)34-20-23-37(24-21-34)56-42-27-33(32-15-11-10-12-16-32)19-25-40(42)55-50-39(28-36(29-43(50)56)54(7,8)9)49-48-38-17-13-14-18-44(38)58-46(48)31-47-51(49)57(55)41-26-22-35(53(4,5)6)30-45(41)59-47/h10-31H,1-9H3. The molecule has 1 aromatic heterocycles. The monoisotopic (exact) mass is 768 g/mol. The molecule has 0 radical (unpaired) electrons. The molecule has 0 saturated carbocycles. The van der Waals surface area contributed by atoms with Gasteiger partial charge in [0.2, 0.25) is 0 Å². The highest BCUT2D eigenvalue weighted by atomic mass is 16.5. The van der Waals surface area contributed by atoms with E-state index in [0.717, 1.165) is 50.5 Å². The van der Waals surface area contributed by atoms with E-state index < -0.39 is 0 Å². The van der Waals surface area contributed by atoms with Gasteiger partial charge >= 0.3 is 6.85 Å². The van der Waals surface area contributed by atoms with Gasteiger partial charge in [-0.15, -0.1) is 0 Å². The highest BCUT2D eigenvalue weighted by Gasteiger charge is 2.49. The van der Waals surface area contributed by atoms with Gasteiger partial charge < -0.3 is 18.9 Å². The number of hydrogen-bond acceptors (Lipinski definition) is 4. The summed E-state index contributed by atoms with van der Waals surface area (Å²) in [5, 5.41) is 2.24. The number of nitrogens with zero attached hydrogens (tertiary/aromatic N) is 2. The first-order valence-corrected chi connectivity index (χ1v) is 21.0. The molecular formula is C54H49BN2O2. The van der Waals surface area contributed by atoms with Gasteiger partial charge in [0.25, 0.3) is 0 Å². The summed E-state index contributed by atoms with van der Waals surface area (Å²) in [6.45, 7) is 20.5. The van der Waals surface area contributed by atoms with Crippen molar-refractivity contribution in [3.8, 4) is 33.8 Å². The van der Waals surface area contributed by atoms with E-state index in [9.17, 15) is 0 Å². The Morgan fingerprint density at radius 2 is 1.20 bits per heavy atom. The van der Waals surface area contributed by atoms with Crippen molar-refractivity contribution in [1.82, 2.24) is 0 Å². The molecule has 0 saturated heterocycles. The Bertz CT molecular complexity index is 3030. The molecular weight excluding hydrogens is 719 g/mol. The molecule has 0 unspecified atom stereocenters. The minimum Gasteiger partial charge on any atom is -0.456 e. The normalized spacial score (nSPS) is 14.2. The minimum absolute atomic E-state index is 0.0337. The van der Waals surface area contributed by atoms with E-state index >= 15 is 0 Å². The molecule has 8 aromatic rings. The van der Waals surface area contributed by atoms with Crippen LogP contribution < -0.4 is 25.4 Å². The molecule has 59 heavy (non-hydrogen) atoms. The summed E-state index contributed by atoms with van der Waals surface area (Å²) in [6, 6.07) is 49.6.